The quantitative estimate of drug-likeness (QED) is 0.895. The van der Waals surface area contributed by atoms with Gasteiger partial charge in [0.2, 0.25) is 0 Å². The first kappa shape index (κ1) is 15.3. The van der Waals surface area contributed by atoms with E-state index in [9.17, 15) is 0 Å². The Morgan fingerprint density at radius 2 is 2.05 bits per heavy atom. The van der Waals surface area contributed by atoms with E-state index in [4.69, 9.17) is 4.74 Å². The van der Waals surface area contributed by atoms with Gasteiger partial charge in [0, 0.05) is 31.7 Å². The van der Waals surface area contributed by atoms with Gasteiger partial charge in [-0.2, -0.15) is 0 Å². The molecule has 1 aromatic rings. The van der Waals surface area contributed by atoms with Gasteiger partial charge in [0.1, 0.15) is 5.75 Å². The maximum Gasteiger partial charge on any atom is 0.118 e. The summed E-state index contributed by atoms with van der Waals surface area (Å²) in [6.45, 7) is 10.2. The first-order valence-corrected chi connectivity index (χ1v) is 7.74. The van der Waals surface area contributed by atoms with Gasteiger partial charge < -0.3 is 10.1 Å². The molecular weight excluding hydrogens is 248 g/mol. The van der Waals surface area contributed by atoms with Crippen LogP contribution in [-0.4, -0.2) is 37.2 Å². The van der Waals surface area contributed by atoms with Crippen LogP contribution in [0.4, 0.5) is 0 Å². The molecule has 0 bridgehead atoms. The summed E-state index contributed by atoms with van der Waals surface area (Å²) in [5.74, 6) is 1.66. The minimum Gasteiger partial charge on any atom is -0.497 e. The Morgan fingerprint density at radius 1 is 1.35 bits per heavy atom. The normalized spacial score (nSPS) is 25.4. The van der Waals surface area contributed by atoms with Crippen molar-refractivity contribution in [1.29, 1.82) is 0 Å². The number of benzene rings is 1. The molecular formula is C17H28N2O. The van der Waals surface area contributed by atoms with E-state index >= 15 is 0 Å². The lowest BCUT2D eigenvalue weighted by molar-refractivity contribution is 0.0885. The van der Waals surface area contributed by atoms with Crippen LogP contribution in [0.3, 0.4) is 0 Å². The van der Waals surface area contributed by atoms with Crippen LogP contribution < -0.4 is 10.1 Å². The number of ether oxygens (including phenoxy) is 1. The van der Waals surface area contributed by atoms with Crippen LogP contribution in [0, 0.1) is 5.92 Å². The van der Waals surface area contributed by atoms with Crippen LogP contribution in [0.2, 0.25) is 0 Å². The van der Waals surface area contributed by atoms with Crippen molar-refractivity contribution < 1.29 is 4.74 Å². The lowest BCUT2D eigenvalue weighted by Gasteiger charge is -2.42. The summed E-state index contributed by atoms with van der Waals surface area (Å²) >= 11 is 0. The maximum absolute atomic E-state index is 5.23. The van der Waals surface area contributed by atoms with E-state index in [-0.39, 0.29) is 0 Å². The largest absolute Gasteiger partial charge is 0.497 e. The lowest BCUT2D eigenvalue weighted by Crippen LogP contribution is -2.57. The summed E-state index contributed by atoms with van der Waals surface area (Å²) in [5, 5.41) is 3.62. The minimum absolute atomic E-state index is 0.577. The number of nitrogens with zero attached hydrogens (tertiary/aromatic N) is 1. The number of rotatable bonds is 5. The molecule has 1 saturated heterocycles. The van der Waals surface area contributed by atoms with E-state index < -0.39 is 0 Å². The Bertz CT molecular complexity index is 404. The molecule has 0 aliphatic carbocycles. The van der Waals surface area contributed by atoms with E-state index in [2.05, 4.69) is 55.3 Å². The highest BCUT2D eigenvalue weighted by Crippen LogP contribution is 2.21. The van der Waals surface area contributed by atoms with Crippen molar-refractivity contribution in [2.75, 3.05) is 20.2 Å². The summed E-state index contributed by atoms with van der Waals surface area (Å²) in [6, 6.07) is 9.68. The highest BCUT2D eigenvalue weighted by atomic mass is 16.5. The first-order chi connectivity index (χ1) is 9.63. The van der Waals surface area contributed by atoms with Crippen molar-refractivity contribution in [2.24, 2.45) is 5.92 Å². The first-order valence-electron chi connectivity index (χ1n) is 7.74. The SMILES string of the molecule is CCC(C)C1CNC(C)CN1Cc1ccc(OC)cc1. The number of hydrogen-bond acceptors (Lipinski definition) is 3. The Balaban J connectivity index is 2.05. The van der Waals surface area contributed by atoms with Crippen molar-refractivity contribution in [3.8, 4) is 5.75 Å². The summed E-state index contributed by atoms with van der Waals surface area (Å²) < 4.78 is 5.23. The number of piperazine rings is 1. The van der Waals surface area contributed by atoms with Gasteiger partial charge in [0.25, 0.3) is 0 Å². The molecule has 3 nitrogen and oxygen atoms in total. The van der Waals surface area contributed by atoms with Crippen molar-refractivity contribution in [3.05, 3.63) is 29.8 Å². The predicted molar refractivity (Wildman–Crippen MR) is 84.1 cm³/mol. The van der Waals surface area contributed by atoms with Crippen LogP contribution in [0.25, 0.3) is 0 Å². The molecule has 0 spiro atoms. The van der Waals surface area contributed by atoms with Gasteiger partial charge in [-0.25, -0.2) is 0 Å². The molecule has 1 aromatic carbocycles. The van der Waals surface area contributed by atoms with Crippen molar-refractivity contribution in [3.63, 3.8) is 0 Å². The van der Waals surface area contributed by atoms with Gasteiger partial charge in [-0.3, -0.25) is 4.90 Å². The van der Waals surface area contributed by atoms with Gasteiger partial charge in [0.15, 0.2) is 0 Å². The number of hydrogen-bond donors (Lipinski definition) is 1. The molecule has 20 heavy (non-hydrogen) atoms. The Kier molecular flexibility index (Phi) is 5.44. The van der Waals surface area contributed by atoms with E-state index in [1.54, 1.807) is 7.11 Å². The van der Waals surface area contributed by atoms with Gasteiger partial charge in [-0.15, -0.1) is 0 Å². The molecule has 0 saturated carbocycles. The summed E-state index contributed by atoms with van der Waals surface area (Å²) in [4.78, 5) is 2.64. The second-order valence-electron chi connectivity index (χ2n) is 6.04. The molecule has 1 aliphatic heterocycles. The van der Waals surface area contributed by atoms with Crippen molar-refractivity contribution in [2.45, 2.75) is 45.8 Å². The lowest BCUT2D eigenvalue weighted by atomic mass is 9.94. The zero-order valence-electron chi connectivity index (χ0n) is 13.2. The average Bonchev–Trinajstić information content (AvgIpc) is 2.47. The zero-order chi connectivity index (χ0) is 14.5. The molecule has 112 valence electrons. The van der Waals surface area contributed by atoms with Crippen LogP contribution in [0.1, 0.15) is 32.8 Å². The van der Waals surface area contributed by atoms with Gasteiger partial charge >= 0.3 is 0 Å². The van der Waals surface area contributed by atoms with E-state index in [1.807, 2.05) is 0 Å². The number of methoxy groups -OCH3 is 1. The third kappa shape index (κ3) is 3.74. The van der Waals surface area contributed by atoms with Crippen LogP contribution in [0.5, 0.6) is 5.75 Å². The van der Waals surface area contributed by atoms with Gasteiger partial charge in [-0.05, 0) is 30.5 Å². The van der Waals surface area contributed by atoms with Crippen LogP contribution in [-0.2, 0) is 6.54 Å². The summed E-state index contributed by atoms with van der Waals surface area (Å²) in [7, 11) is 1.71. The van der Waals surface area contributed by atoms with Crippen molar-refractivity contribution in [1.82, 2.24) is 10.2 Å². The maximum atomic E-state index is 5.23. The predicted octanol–water partition coefficient (Wildman–Crippen LogP) is 2.90. The smallest absolute Gasteiger partial charge is 0.118 e. The molecule has 0 radical (unpaired) electrons. The van der Waals surface area contributed by atoms with Crippen LogP contribution >= 0.6 is 0 Å². The molecule has 1 fully saturated rings. The molecule has 3 atom stereocenters. The van der Waals surface area contributed by atoms with Gasteiger partial charge in [0.05, 0.1) is 7.11 Å². The molecule has 1 heterocycles. The molecule has 2 rings (SSSR count). The van der Waals surface area contributed by atoms with Crippen molar-refractivity contribution >= 4 is 0 Å². The van der Waals surface area contributed by atoms with E-state index in [0.717, 1.165) is 31.3 Å². The number of nitrogens with one attached hydrogen (secondary N) is 1. The molecule has 0 aromatic heterocycles. The fourth-order valence-electron chi connectivity index (χ4n) is 2.98. The Hall–Kier alpha value is -1.06. The summed E-state index contributed by atoms with van der Waals surface area (Å²) in [6.07, 6.45) is 1.24. The molecule has 3 unspecified atom stereocenters. The Morgan fingerprint density at radius 3 is 2.65 bits per heavy atom. The molecule has 3 heteroatoms. The third-order valence-corrected chi connectivity index (χ3v) is 4.50. The standard InChI is InChI=1S/C17H28N2O/c1-5-13(2)17-10-18-14(3)11-19(17)12-15-6-8-16(20-4)9-7-15/h6-9,13-14,17-18H,5,10-12H2,1-4H3. The second kappa shape index (κ2) is 7.09. The monoisotopic (exact) mass is 276 g/mol. The average molecular weight is 276 g/mol. The summed E-state index contributed by atoms with van der Waals surface area (Å²) in [5.41, 5.74) is 1.37. The molecule has 0 amide bonds. The zero-order valence-corrected chi connectivity index (χ0v) is 13.2. The third-order valence-electron chi connectivity index (χ3n) is 4.50. The fraction of sp³-hybridized carbons (Fsp3) is 0.647. The van der Waals surface area contributed by atoms with E-state index in [0.29, 0.717) is 12.1 Å². The highest BCUT2D eigenvalue weighted by molar-refractivity contribution is 5.27. The topological polar surface area (TPSA) is 24.5 Å². The molecule has 1 aliphatic rings. The Labute approximate surface area is 123 Å². The van der Waals surface area contributed by atoms with Gasteiger partial charge in [-0.1, -0.05) is 32.4 Å². The minimum atomic E-state index is 0.577. The second-order valence-corrected chi connectivity index (χ2v) is 6.04. The molecule has 1 N–H and O–H groups in total. The van der Waals surface area contributed by atoms with Crippen LogP contribution in [0.15, 0.2) is 24.3 Å². The fourth-order valence-corrected chi connectivity index (χ4v) is 2.98. The van der Waals surface area contributed by atoms with E-state index in [1.165, 1.54) is 12.0 Å². The highest BCUT2D eigenvalue weighted by Gasteiger charge is 2.28.